The lowest BCUT2D eigenvalue weighted by atomic mass is 9.85. The molecule has 0 N–H and O–H groups in total. The average Bonchev–Trinajstić information content (AvgIpc) is 3.17. The third-order valence-electron chi connectivity index (χ3n) is 5.82. The number of nitrogens with zero attached hydrogens (tertiary/aromatic N) is 4. The molecule has 0 spiro atoms. The molecule has 0 bridgehead atoms. The molecule has 134 valence electrons. The molecule has 6 nitrogen and oxygen atoms in total. The number of hydrogen-bond donors (Lipinski definition) is 0. The highest BCUT2D eigenvalue weighted by atomic mass is 16.5. The molecule has 3 heterocycles. The Morgan fingerprint density at radius 1 is 1.24 bits per heavy atom. The van der Waals surface area contributed by atoms with E-state index in [0.29, 0.717) is 22.9 Å². The molecule has 1 amide bonds. The molecule has 1 saturated heterocycles. The van der Waals surface area contributed by atoms with Crippen LogP contribution in [-0.4, -0.2) is 38.6 Å². The fourth-order valence-electron chi connectivity index (χ4n) is 4.08. The summed E-state index contributed by atoms with van der Waals surface area (Å²) in [6.07, 6.45) is 10.1. The van der Waals surface area contributed by atoms with Crippen LogP contribution in [0.2, 0.25) is 0 Å². The van der Waals surface area contributed by atoms with E-state index in [1.165, 1.54) is 25.1 Å². The summed E-state index contributed by atoms with van der Waals surface area (Å²) in [6.45, 7) is 6.27. The van der Waals surface area contributed by atoms with Crippen LogP contribution in [0.1, 0.15) is 65.7 Å². The third kappa shape index (κ3) is 3.10. The number of rotatable bonds is 4. The molecule has 1 aliphatic carbocycles. The lowest BCUT2D eigenvalue weighted by Crippen LogP contribution is -2.39. The number of imidazole rings is 1. The largest absolute Gasteiger partial charge is 0.361 e. The van der Waals surface area contributed by atoms with Crippen LogP contribution in [0.15, 0.2) is 16.9 Å². The zero-order valence-corrected chi connectivity index (χ0v) is 15.1. The van der Waals surface area contributed by atoms with E-state index in [1.807, 2.05) is 18.0 Å². The Labute approximate surface area is 148 Å². The van der Waals surface area contributed by atoms with Gasteiger partial charge in [-0.3, -0.25) is 4.79 Å². The number of likely N-dealkylation sites (tertiary alicyclic amines) is 1. The molecule has 1 saturated carbocycles. The van der Waals surface area contributed by atoms with Gasteiger partial charge in [-0.05, 0) is 45.4 Å². The van der Waals surface area contributed by atoms with Crippen molar-refractivity contribution in [3.05, 3.63) is 35.2 Å². The van der Waals surface area contributed by atoms with Crippen molar-refractivity contribution in [2.24, 2.45) is 5.92 Å². The van der Waals surface area contributed by atoms with E-state index >= 15 is 0 Å². The zero-order valence-electron chi connectivity index (χ0n) is 15.1. The van der Waals surface area contributed by atoms with Crippen molar-refractivity contribution < 1.29 is 9.32 Å². The smallest absolute Gasteiger partial charge is 0.259 e. The van der Waals surface area contributed by atoms with Crippen LogP contribution >= 0.6 is 0 Å². The minimum atomic E-state index is 0.0486. The van der Waals surface area contributed by atoms with Gasteiger partial charge < -0.3 is 14.0 Å². The van der Waals surface area contributed by atoms with Crippen molar-refractivity contribution in [2.45, 2.75) is 58.4 Å². The minimum absolute atomic E-state index is 0.0486. The first-order valence-corrected chi connectivity index (χ1v) is 9.36. The SMILES string of the molecule is Cc1noc(C)c1C(=O)N1CCC(c2nccn2CC2CCC2)CC1. The van der Waals surface area contributed by atoms with Crippen LogP contribution in [0.4, 0.5) is 0 Å². The molecule has 2 aromatic rings. The zero-order chi connectivity index (χ0) is 17.4. The Bertz CT molecular complexity index is 732. The summed E-state index contributed by atoms with van der Waals surface area (Å²) in [5, 5.41) is 3.90. The summed E-state index contributed by atoms with van der Waals surface area (Å²) in [5.74, 6) is 3.14. The molecule has 2 fully saturated rings. The second-order valence-electron chi connectivity index (χ2n) is 7.50. The van der Waals surface area contributed by atoms with E-state index in [9.17, 15) is 4.79 Å². The molecule has 0 aromatic carbocycles. The summed E-state index contributed by atoms with van der Waals surface area (Å²) in [4.78, 5) is 19.3. The molecular weight excluding hydrogens is 316 g/mol. The van der Waals surface area contributed by atoms with Crippen LogP contribution in [0.3, 0.4) is 0 Å². The summed E-state index contributed by atoms with van der Waals surface area (Å²) < 4.78 is 7.49. The summed E-state index contributed by atoms with van der Waals surface area (Å²) >= 11 is 0. The van der Waals surface area contributed by atoms with Gasteiger partial charge in [-0.15, -0.1) is 0 Å². The molecule has 0 atom stereocenters. The summed E-state index contributed by atoms with van der Waals surface area (Å²) in [7, 11) is 0. The molecule has 0 unspecified atom stereocenters. The van der Waals surface area contributed by atoms with E-state index in [1.54, 1.807) is 6.92 Å². The molecule has 25 heavy (non-hydrogen) atoms. The van der Waals surface area contributed by atoms with E-state index in [-0.39, 0.29) is 5.91 Å². The Hall–Kier alpha value is -2.11. The highest BCUT2D eigenvalue weighted by Gasteiger charge is 2.30. The highest BCUT2D eigenvalue weighted by molar-refractivity contribution is 5.96. The second kappa shape index (κ2) is 6.65. The van der Waals surface area contributed by atoms with Crippen LogP contribution in [0, 0.1) is 19.8 Å². The predicted molar refractivity (Wildman–Crippen MR) is 93.4 cm³/mol. The second-order valence-corrected chi connectivity index (χ2v) is 7.50. The summed E-state index contributed by atoms with van der Waals surface area (Å²) in [5.41, 5.74) is 1.31. The van der Waals surface area contributed by atoms with Crippen LogP contribution < -0.4 is 0 Å². The quantitative estimate of drug-likeness (QED) is 0.855. The van der Waals surface area contributed by atoms with Gasteiger partial charge in [-0.25, -0.2) is 4.98 Å². The lowest BCUT2D eigenvalue weighted by molar-refractivity contribution is 0.0707. The van der Waals surface area contributed by atoms with Crippen molar-refractivity contribution in [2.75, 3.05) is 13.1 Å². The first kappa shape index (κ1) is 16.4. The average molecular weight is 342 g/mol. The number of carbonyl (C=O) groups is 1. The van der Waals surface area contributed by atoms with Gasteiger partial charge in [0.15, 0.2) is 0 Å². The fraction of sp³-hybridized carbons (Fsp3) is 0.632. The first-order chi connectivity index (χ1) is 12.1. The van der Waals surface area contributed by atoms with Crippen LogP contribution in [0.25, 0.3) is 0 Å². The fourth-order valence-corrected chi connectivity index (χ4v) is 4.08. The first-order valence-electron chi connectivity index (χ1n) is 9.36. The Morgan fingerprint density at radius 2 is 2.00 bits per heavy atom. The molecule has 2 aromatic heterocycles. The number of hydrogen-bond acceptors (Lipinski definition) is 4. The van der Waals surface area contributed by atoms with E-state index in [2.05, 4.69) is 20.9 Å². The maximum absolute atomic E-state index is 12.8. The van der Waals surface area contributed by atoms with Gasteiger partial charge in [-0.1, -0.05) is 11.6 Å². The topological polar surface area (TPSA) is 64.2 Å². The Balaban J connectivity index is 1.40. The highest BCUT2D eigenvalue weighted by Crippen LogP contribution is 2.32. The number of amides is 1. The van der Waals surface area contributed by atoms with Crippen molar-refractivity contribution in [3.63, 3.8) is 0 Å². The Morgan fingerprint density at radius 3 is 2.60 bits per heavy atom. The van der Waals surface area contributed by atoms with Gasteiger partial charge in [0.1, 0.15) is 17.1 Å². The van der Waals surface area contributed by atoms with Crippen molar-refractivity contribution >= 4 is 5.91 Å². The van der Waals surface area contributed by atoms with Gasteiger partial charge in [0, 0.05) is 37.9 Å². The van der Waals surface area contributed by atoms with Gasteiger partial charge in [-0.2, -0.15) is 0 Å². The monoisotopic (exact) mass is 342 g/mol. The third-order valence-corrected chi connectivity index (χ3v) is 5.82. The maximum atomic E-state index is 12.8. The number of aromatic nitrogens is 3. The standard InChI is InChI=1S/C19H26N4O2/c1-13-17(14(2)25-21-13)19(24)22-9-6-16(7-10-22)18-20-8-11-23(18)12-15-4-3-5-15/h8,11,15-16H,3-7,9-10,12H2,1-2H3. The molecule has 2 aliphatic rings. The number of carbonyl (C=O) groups excluding carboxylic acids is 1. The lowest BCUT2D eigenvalue weighted by Gasteiger charge is -2.33. The van der Waals surface area contributed by atoms with Crippen molar-refractivity contribution in [1.82, 2.24) is 19.6 Å². The maximum Gasteiger partial charge on any atom is 0.259 e. The molecule has 0 radical (unpaired) electrons. The van der Waals surface area contributed by atoms with Gasteiger partial charge in [0.25, 0.3) is 5.91 Å². The van der Waals surface area contributed by atoms with Crippen LogP contribution in [0.5, 0.6) is 0 Å². The van der Waals surface area contributed by atoms with E-state index < -0.39 is 0 Å². The molecule has 1 aliphatic heterocycles. The van der Waals surface area contributed by atoms with E-state index in [0.717, 1.165) is 38.4 Å². The number of piperidine rings is 1. The molecular formula is C19H26N4O2. The number of aryl methyl sites for hydroxylation is 2. The van der Waals surface area contributed by atoms with E-state index in [4.69, 9.17) is 4.52 Å². The molecule has 4 rings (SSSR count). The van der Waals surface area contributed by atoms with Gasteiger partial charge in [0.2, 0.25) is 0 Å². The van der Waals surface area contributed by atoms with Crippen molar-refractivity contribution in [3.8, 4) is 0 Å². The minimum Gasteiger partial charge on any atom is -0.361 e. The Kier molecular flexibility index (Phi) is 4.36. The van der Waals surface area contributed by atoms with Crippen molar-refractivity contribution in [1.29, 1.82) is 0 Å². The molecule has 6 heteroatoms. The van der Waals surface area contributed by atoms with Crippen LogP contribution in [-0.2, 0) is 6.54 Å². The summed E-state index contributed by atoms with van der Waals surface area (Å²) in [6, 6.07) is 0. The predicted octanol–water partition coefficient (Wildman–Crippen LogP) is 3.31. The van der Waals surface area contributed by atoms with Gasteiger partial charge >= 0.3 is 0 Å². The normalized spacial score (nSPS) is 19.2. The van der Waals surface area contributed by atoms with Gasteiger partial charge in [0.05, 0.1) is 5.69 Å².